The molecule has 112 valence electrons. The number of hydrogen-bond donors (Lipinski definition) is 1. The lowest BCUT2D eigenvalue weighted by Gasteiger charge is -2.57. The van der Waals surface area contributed by atoms with Crippen LogP contribution in [0, 0.1) is 28.6 Å². The topological polar surface area (TPSA) is 20.2 Å². The zero-order valence-corrected chi connectivity index (χ0v) is 13.2. The molecule has 0 saturated heterocycles. The van der Waals surface area contributed by atoms with Crippen molar-refractivity contribution in [3.05, 3.63) is 11.6 Å². The summed E-state index contributed by atoms with van der Waals surface area (Å²) in [7, 11) is 0. The third-order valence-electron chi connectivity index (χ3n) is 7.86. The smallest absolute Gasteiger partial charge is 0.0577 e. The van der Waals surface area contributed by atoms with Crippen molar-refractivity contribution in [1.82, 2.24) is 0 Å². The molecule has 4 rings (SSSR count). The summed E-state index contributed by atoms with van der Waals surface area (Å²) in [5, 5.41) is 10.0. The maximum absolute atomic E-state index is 10.0. The Morgan fingerprint density at radius 2 is 1.90 bits per heavy atom. The van der Waals surface area contributed by atoms with Crippen LogP contribution in [-0.2, 0) is 0 Å². The number of allylic oxidation sites excluding steroid dienone is 1. The molecule has 0 amide bonds. The van der Waals surface area contributed by atoms with Gasteiger partial charge in [0.2, 0.25) is 0 Å². The van der Waals surface area contributed by atoms with E-state index < -0.39 is 0 Å². The van der Waals surface area contributed by atoms with E-state index in [1.807, 2.05) is 0 Å². The zero-order chi connectivity index (χ0) is 14.0. The van der Waals surface area contributed by atoms with Crippen molar-refractivity contribution in [3.8, 4) is 0 Å². The largest absolute Gasteiger partial charge is 0.393 e. The molecule has 1 N–H and O–H groups in total. The van der Waals surface area contributed by atoms with Crippen molar-refractivity contribution < 1.29 is 5.11 Å². The molecule has 0 aromatic rings. The molecule has 0 aliphatic heterocycles. The van der Waals surface area contributed by atoms with Crippen LogP contribution < -0.4 is 0 Å². The molecule has 3 fully saturated rings. The highest BCUT2D eigenvalue weighted by Crippen LogP contribution is 2.64. The molecule has 4 aliphatic carbocycles. The van der Waals surface area contributed by atoms with Gasteiger partial charge in [-0.1, -0.05) is 31.9 Å². The minimum absolute atomic E-state index is 0.0637. The van der Waals surface area contributed by atoms with Crippen LogP contribution in [0.1, 0.15) is 71.6 Å². The highest BCUT2D eigenvalue weighted by Gasteiger charge is 2.55. The van der Waals surface area contributed by atoms with E-state index in [1.165, 1.54) is 44.9 Å². The third kappa shape index (κ3) is 1.71. The predicted octanol–water partition coefficient (Wildman–Crippen LogP) is 4.70. The Hall–Kier alpha value is -0.300. The molecule has 0 bridgehead atoms. The minimum atomic E-state index is -0.0637. The van der Waals surface area contributed by atoms with Gasteiger partial charge in [-0.15, -0.1) is 0 Å². The van der Waals surface area contributed by atoms with E-state index in [9.17, 15) is 5.11 Å². The van der Waals surface area contributed by atoms with Crippen LogP contribution in [0.2, 0.25) is 0 Å². The van der Waals surface area contributed by atoms with Crippen molar-refractivity contribution in [3.63, 3.8) is 0 Å². The van der Waals surface area contributed by atoms with Gasteiger partial charge in [-0.3, -0.25) is 0 Å². The second kappa shape index (κ2) is 4.35. The van der Waals surface area contributed by atoms with E-state index in [1.54, 1.807) is 5.57 Å². The van der Waals surface area contributed by atoms with Crippen LogP contribution >= 0.6 is 0 Å². The average Bonchev–Trinajstić information content (AvgIpc) is 2.81. The standard InChI is InChI=1S/C19H30O/c1-18-9-3-4-16(18)15-6-5-13-12-14(20)7-11-19(13,2)17(15)8-10-18/h5,14-17,20H,3-4,6-12H2,1-2H3/t14-,15?,16?,17?,18-,19-/m1/s1. The van der Waals surface area contributed by atoms with Crippen molar-refractivity contribution in [1.29, 1.82) is 0 Å². The Bertz CT molecular complexity index is 439. The van der Waals surface area contributed by atoms with E-state index in [0.717, 1.165) is 30.6 Å². The number of fused-ring (bicyclic) bond motifs is 5. The molecule has 0 heterocycles. The predicted molar refractivity (Wildman–Crippen MR) is 82.3 cm³/mol. The maximum atomic E-state index is 10.0. The fourth-order valence-corrected chi connectivity index (χ4v) is 6.63. The maximum Gasteiger partial charge on any atom is 0.0577 e. The van der Waals surface area contributed by atoms with Crippen molar-refractivity contribution in [2.45, 2.75) is 77.7 Å². The quantitative estimate of drug-likeness (QED) is 0.635. The Morgan fingerprint density at radius 3 is 2.75 bits per heavy atom. The first-order chi connectivity index (χ1) is 9.53. The van der Waals surface area contributed by atoms with E-state index in [-0.39, 0.29) is 6.10 Å². The minimum Gasteiger partial charge on any atom is -0.393 e. The van der Waals surface area contributed by atoms with Crippen molar-refractivity contribution >= 4 is 0 Å². The van der Waals surface area contributed by atoms with E-state index in [0.29, 0.717) is 10.8 Å². The van der Waals surface area contributed by atoms with Crippen LogP contribution in [-0.4, -0.2) is 11.2 Å². The van der Waals surface area contributed by atoms with E-state index in [2.05, 4.69) is 19.9 Å². The van der Waals surface area contributed by atoms with Gasteiger partial charge in [0.1, 0.15) is 0 Å². The molecular weight excluding hydrogens is 244 g/mol. The van der Waals surface area contributed by atoms with Crippen LogP contribution in [0.25, 0.3) is 0 Å². The Balaban J connectivity index is 1.68. The van der Waals surface area contributed by atoms with Crippen LogP contribution in [0.4, 0.5) is 0 Å². The molecule has 0 radical (unpaired) electrons. The van der Waals surface area contributed by atoms with Gasteiger partial charge in [0.25, 0.3) is 0 Å². The number of aliphatic hydroxyl groups is 1. The van der Waals surface area contributed by atoms with Gasteiger partial charge in [0, 0.05) is 0 Å². The second-order valence-electron chi connectivity index (χ2n) is 8.74. The second-order valence-corrected chi connectivity index (χ2v) is 8.74. The van der Waals surface area contributed by atoms with Crippen LogP contribution in [0.5, 0.6) is 0 Å². The zero-order valence-electron chi connectivity index (χ0n) is 13.2. The van der Waals surface area contributed by atoms with Gasteiger partial charge in [-0.05, 0) is 80.0 Å². The first-order valence-corrected chi connectivity index (χ1v) is 8.90. The van der Waals surface area contributed by atoms with E-state index in [4.69, 9.17) is 0 Å². The Labute approximate surface area is 123 Å². The summed E-state index contributed by atoms with van der Waals surface area (Å²) in [6, 6.07) is 0. The summed E-state index contributed by atoms with van der Waals surface area (Å²) >= 11 is 0. The molecule has 0 aromatic heterocycles. The fraction of sp³-hybridized carbons (Fsp3) is 0.895. The lowest BCUT2D eigenvalue weighted by molar-refractivity contribution is -0.0360. The highest BCUT2D eigenvalue weighted by molar-refractivity contribution is 5.25. The summed E-state index contributed by atoms with van der Waals surface area (Å²) in [4.78, 5) is 0. The van der Waals surface area contributed by atoms with Gasteiger partial charge in [0.15, 0.2) is 0 Å². The van der Waals surface area contributed by atoms with Gasteiger partial charge in [-0.2, -0.15) is 0 Å². The molecule has 3 saturated carbocycles. The number of hydrogen-bond acceptors (Lipinski definition) is 1. The summed E-state index contributed by atoms with van der Waals surface area (Å²) < 4.78 is 0. The fourth-order valence-electron chi connectivity index (χ4n) is 6.63. The van der Waals surface area contributed by atoms with Gasteiger partial charge in [0.05, 0.1) is 6.10 Å². The van der Waals surface area contributed by atoms with Gasteiger partial charge in [-0.25, -0.2) is 0 Å². The Morgan fingerprint density at radius 1 is 1.05 bits per heavy atom. The molecule has 4 aliphatic rings. The average molecular weight is 274 g/mol. The van der Waals surface area contributed by atoms with Gasteiger partial charge < -0.3 is 5.11 Å². The van der Waals surface area contributed by atoms with Crippen LogP contribution in [0.15, 0.2) is 11.6 Å². The Kier molecular flexibility index (Phi) is 2.91. The van der Waals surface area contributed by atoms with E-state index >= 15 is 0 Å². The first kappa shape index (κ1) is 13.4. The lowest BCUT2D eigenvalue weighted by atomic mass is 9.48. The van der Waals surface area contributed by atoms with Crippen LogP contribution in [0.3, 0.4) is 0 Å². The molecule has 3 unspecified atom stereocenters. The molecule has 0 aromatic carbocycles. The molecular formula is C19H30O. The molecule has 0 spiro atoms. The lowest BCUT2D eigenvalue weighted by Crippen LogP contribution is -2.49. The molecule has 6 atom stereocenters. The normalized spacial score (nSPS) is 54.6. The SMILES string of the molecule is C[C@]12CCCC1C1CC=C3C[C@H](O)CC[C@@]3(C)C1CC2. The molecule has 1 nitrogen and oxygen atoms in total. The number of rotatable bonds is 0. The van der Waals surface area contributed by atoms with Gasteiger partial charge >= 0.3 is 0 Å². The monoisotopic (exact) mass is 274 g/mol. The van der Waals surface area contributed by atoms with Crippen molar-refractivity contribution in [2.75, 3.05) is 0 Å². The first-order valence-electron chi connectivity index (χ1n) is 8.90. The van der Waals surface area contributed by atoms with Crippen molar-refractivity contribution in [2.24, 2.45) is 28.6 Å². The summed E-state index contributed by atoms with van der Waals surface area (Å²) in [6.45, 7) is 5.10. The molecule has 1 heteroatoms. The summed E-state index contributed by atoms with van der Waals surface area (Å²) in [6.07, 6.45) is 14.3. The number of aliphatic hydroxyl groups excluding tert-OH is 1. The molecule has 20 heavy (non-hydrogen) atoms. The summed E-state index contributed by atoms with van der Waals surface area (Å²) in [5.74, 6) is 2.84. The summed E-state index contributed by atoms with van der Waals surface area (Å²) in [5.41, 5.74) is 2.70. The third-order valence-corrected chi connectivity index (χ3v) is 7.86. The highest BCUT2D eigenvalue weighted by atomic mass is 16.3.